The fraction of sp³-hybridized carbons (Fsp3) is 0.278. The summed E-state index contributed by atoms with van der Waals surface area (Å²) in [6.45, 7) is 1.97. The average Bonchev–Trinajstić information content (AvgIpc) is 2.95. The Morgan fingerprint density at radius 3 is 2.65 bits per heavy atom. The molecule has 0 bridgehead atoms. The zero-order chi connectivity index (χ0) is 19.1. The second-order valence-corrected chi connectivity index (χ2v) is 8.85. The summed E-state index contributed by atoms with van der Waals surface area (Å²) >= 11 is 3.45. The lowest BCUT2D eigenvalue weighted by Gasteiger charge is -2.23. The van der Waals surface area contributed by atoms with Crippen LogP contribution in [0.2, 0.25) is 0 Å². The smallest absolute Gasteiger partial charge is 0.258 e. The molecule has 0 unspecified atom stereocenters. The fourth-order valence-corrected chi connectivity index (χ4v) is 4.50. The van der Waals surface area contributed by atoms with Gasteiger partial charge in [-0.1, -0.05) is 15.9 Å². The Kier molecular flexibility index (Phi) is 5.09. The first-order chi connectivity index (χ1) is 12.3. The first-order valence-electron chi connectivity index (χ1n) is 8.02. The van der Waals surface area contributed by atoms with Crippen LogP contribution >= 0.6 is 15.9 Å². The molecule has 2 aromatic carbocycles. The minimum Gasteiger partial charge on any atom is -0.495 e. The van der Waals surface area contributed by atoms with E-state index >= 15 is 0 Å². The molecule has 1 N–H and O–H groups in total. The van der Waals surface area contributed by atoms with E-state index in [0.717, 1.165) is 22.1 Å². The molecule has 0 radical (unpaired) electrons. The summed E-state index contributed by atoms with van der Waals surface area (Å²) in [5.41, 5.74) is 2.22. The summed E-state index contributed by atoms with van der Waals surface area (Å²) in [5, 5.41) is 0. The van der Waals surface area contributed by atoms with Gasteiger partial charge in [0.05, 0.1) is 7.11 Å². The van der Waals surface area contributed by atoms with Gasteiger partial charge >= 0.3 is 0 Å². The van der Waals surface area contributed by atoms with Gasteiger partial charge in [-0.3, -0.25) is 4.79 Å². The Balaban J connectivity index is 2.05. The van der Waals surface area contributed by atoms with Crippen molar-refractivity contribution >= 4 is 37.5 Å². The molecule has 8 heteroatoms. The number of methoxy groups -OCH3 is 1. The van der Waals surface area contributed by atoms with E-state index < -0.39 is 10.0 Å². The van der Waals surface area contributed by atoms with Crippen molar-refractivity contribution in [1.82, 2.24) is 4.72 Å². The molecule has 0 fully saturated rings. The lowest BCUT2D eigenvalue weighted by atomic mass is 10.1. The van der Waals surface area contributed by atoms with Gasteiger partial charge in [-0.15, -0.1) is 0 Å². The van der Waals surface area contributed by atoms with Gasteiger partial charge in [0.15, 0.2) is 0 Å². The summed E-state index contributed by atoms with van der Waals surface area (Å²) in [6.07, 6.45) is 0.748. The van der Waals surface area contributed by atoms with Crippen LogP contribution in [0.3, 0.4) is 0 Å². The Labute approximate surface area is 161 Å². The van der Waals surface area contributed by atoms with Gasteiger partial charge in [-0.2, -0.15) is 0 Å². The molecule has 0 saturated heterocycles. The number of carbonyl (C=O) groups excluding carboxylic acids is 1. The molecule has 1 heterocycles. The van der Waals surface area contributed by atoms with Crippen LogP contribution in [0, 0.1) is 0 Å². The summed E-state index contributed by atoms with van der Waals surface area (Å²) in [4.78, 5) is 14.8. The van der Waals surface area contributed by atoms with Crippen LogP contribution in [-0.4, -0.2) is 34.5 Å². The number of hydrogen-bond acceptors (Lipinski definition) is 4. The molecule has 6 nitrogen and oxygen atoms in total. The zero-order valence-corrected chi connectivity index (χ0v) is 17.0. The Bertz CT molecular complexity index is 975. The number of benzene rings is 2. The van der Waals surface area contributed by atoms with Crippen LogP contribution < -0.4 is 14.4 Å². The van der Waals surface area contributed by atoms with Crippen molar-refractivity contribution in [3.8, 4) is 5.75 Å². The van der Waals surface area contributed by atoms with Crippen molar-refractivity contribution in [2.75, 3.05) is 19.1 Å². The second-order valence-electron chi connectivity index (χ2n) is 6.07. The van der Waals surface area contributed by atoms with E-state index in [4.69, 9.17) is 4.74 Å². The van der Waals surface area contributed by atoms with Crippen molar-refractivity contribution in [3.05, 3.63) is 52.0 Å². The maximum absolute atomic E-state index is 13.1. The quantitative estimate of drug-likeness (QED) is 0.795. The lowest BCUT2D eigenvalue weighted by Crippen LogP contribution is -2.35. The van der Waals surface area contributed by atoms with Crippen molar-refractivity contribution in [2.24, 2.45) is 0 Å². The van der Waals surface area contributed by atoms with Gasteiger partial charge in [0, 0.05) is 21.8 Å². The lowest BCUT2D eigenvalue weighted by molar-refractivity contribution is 0.0981. The van der Waals surface area contributed by atoms with Crippen LogP contribution in [0.5, 0.6) is 5.75 Å². The summed E-state index contributed by atoms with van der Waals surface area (Å²) in [7, 11) is -1.04. The van der Waals surface area contributed by atoms with Gasteiger partial charge in [-0.25, -0.2) is 13.1 Å². The number of rotatable bonds is 4. The third-order valence-electron chi connectivity index (χ3n) is 4.44. The SMILES string of the molecule is CNS(=O)(=O)c1cc(C(=O)N2c3ccc(Br)cc3C[C@H]2C)ccc1OC. The monoisotopic (exact) mass is 438 g/mol. The third-order valence-corrected chi connectivity index (χ3v) is 6.37. The van der Waals surface area contributed by atoms with Crippen molar-refractivity contribution in [1.29, 1.82) is 0 Å². The highest BCUT2D eigenvalue weighted by Gasteiger charge is 2.32. The van der Waals surface area contributed by atoms with Gasteiger partial charge in [0.25, 0.3) is 5.91 Å². The Morgan fingerprint density at radius 2 is 2.00 bits per heavy atom. The van der Waals surface area contributed by atoms with Crippen LogP contribution in [0.25, 0.3) is 0 Å². The van der Waals surface area contributed by atoms with Crippen molar-refractivity contribution < 1.29 is 17.9 Å². The predicted molar refractivity (Wildman–Crippen MR) is 103 cm³/mol. The zero-order valence-electron chi connectivity index (χ0n) is 14.6. The van der Waals surface area contributed by atoms with E-state index in [1.165, 1.54) is 26.3 Å². The average molecular weight is 439 g/mol. The molecule has 0 aromatic heterocycles. The van der Waals surface area contributed by atoms with E-state index in [0.29, 0.717) is 5.56 Å². The molecule has 0 saturated carbocycles. The molecule has 0 aliphatic carbocycles. The van der Waals surface area contributed by atoms with Crippen LogP contribution in [0.1, 0.15) is 22.8 Å². The van der Waals surface area contributed by atoms with E-state index in [1.807, 2.05) is 25.1 Å². The van der Waals surface area contributed by atoms with Gasteiger partial charge < -0.3 is 9.64 Å². The maximum Gasteiger partial charge on any atom is 0.258 e. The summed E-state index contributed by atoms with van der Waals surface area (Å²) < 4.78 is 32.9. The summed E-state index contributed by atoms with van der Waals surface area (Å²) in [6, 6.07) is 10.2. The molecule has 138 valence electrons. The first kappa shape index (κ1) is 18.9. The summed E-state index contributed by atoms with van der Waals surface area (Å²) in [5.74, 6) is -0.0523. The van der Waals surface area contributed by atoms with Gasteiger partial charge in [-0.05, 0) is 62.4 Å². The fourth-order valence-electron chi connectivity index (χ4n) is 3.18. The molecule has 1 aliphatic heterocycles. The van der Waals surface area contributed by atoms with Crippen LogP contribution in [0.4, 0.5) is 5.69 Å². The van der Waals surface area contributed by atoms with E-state index in [2.05, 4.69) is 20.7 Å². The minimum atomic E-state index is -3.75. The number of sulfonamides is 1. The highest BCUT2D eigenvalue weighted by molar-refractivity contribution is 9.10. The number of ether oxygens (including phenoxy) is 1. The number of amides is 1. The van der Waals surface area contributed by atoms with E-state index in [1.54, 1.807) is 11.0 Å². The van der Waals surface area contributed by atoms with Crippen molar-refractivity contribution in [2.45, 2.75) is 24.3 Å². The minimum absolute atomic E-state index is 0.0155. The number of nitrogens with one attached hydrogen (secondary N) is 1. The van der Waals surface area contributed by atoms with Crippen LogP contribution in [-0.2, 0) is 16.4 Å². The standard InChI is InChI=1S/C18H19BrN2O4S/c1-11-8-13-9-14(19)5-6-15(13)21(11)18(22)12-4-7-16(25-3)17(10-12)26(23,24)20-2/h4-7,9-11,20H,8H2,1-3H3/t11-/m1/s1. The number of anilines is 1. The van der Waals surface area contributed by atoms with Gasteiger partial charge in [0.2, 0.25) is 10.0 Å². The molecule has 1 amide bonds. The molecule has 1 atom stereocenters. The molecule has 3 rings (SSSR count). The van der Waals surface area contributed by atoms with Crippen molar-refractivity contribution in [3.63, 3.8) is 0 Å². The predicted octanol–water partition coefficient (Wildman–Crippen LogP) is 2.96. The molecule has 2 aromatic rings. The van der Waals surface area contributed by atoms with Crippen LogP contribution in [0.15, 0.2) is 45.8 Å². The molecule has 26 heavy (non-hydrogen) atoms. The Hall–Kier alpha value is -1.90. The third kappa shape index (κ3) is 3.24. The van der Waals surface area contributed by atoms with E-state index in [-0.39, 0.29) is 22.6 Å². The number of halogens is 1. The largest absolute Gasteiger partial charge is 0.495 e. The number of fused-ring (bicyclic) bond motifs is 1. The second kappa shape index (κ2) is 7.02. The maximum atomic E-state index is 13.1. The molecular weight excluding hydrogens is 420 g/mol. The highest BCUT2D eigenvalue weighted by Crippen LogP contribution is 2.36. The number of nitrogens with zero attached hydrogens (tertiary/aromatic N) is 1. The van der Waals surface area contributed by atoms with E-state index in [9.17, 15) is 13.2 Å². The van der Waals surface area contributed by atoms with Gasteiger partial charge in [0.1, 0.15) is 10.6 Å². The first-order valence-corrected chi connectivity index (χ1v) is 10.3. The number of carbonyl (C=O) groups is 1. The highest BCUT2D eigenvalue weighted by atomic mass is 79.9. The number of hydrogen-bond donors (Lipinski definition) is 1. The molecule has 0 spiro atoms. The normalized spacial score (nSPS) is 16.5. The molecule has 1 aliphatic rings. The molecular formula is C18H19BrN2O4S. The topological polar surface area (TPSA) is 75.7 Å². The Morgan fingerprint density at radius 1 is 1.27 bits per heavy atom.